The Morgan fingerprint density at radius 1 is 1.09 bits per heavy atom. The van der Waals surface area contributed by atoms with Crippen molar-refractivity contribution < 1.29 is 9.26 Å². The Morgan fingerprint density at radius 3 is 2.68 bits per heavy atom. The summed E-state index contributed by atoms with van der Waals surface area (Å²) in [5.74, 6) is 1.13. The van der Waals surface area contributed by atoms with E-state index < -0.39 is 0 Å². The van der Waals surface area contributed by atoms with E-state index in [4.69, 9.17) is 44.1 Å². The minimum absolute atomic E-state index is 0.0605. The third-order valence-corrected chi connectivity index (χ3v) is 3.73. The van der Waals surface area contributed by atoms with E-state index in [2.05, 4.69) is 15.1 Å². The summed E-state index contributed by atoms with van der Waals surface area (Å²) in [7, 11) is 0. The molecule has 0 fully saturated rings. The third-order valence-electron chi connectivity index (χ3n) is 2.71. The average molecular weight is 357 g/mol. The molecule has 3 rings (SSSR count). The minimum atomic E-state index is 0.0605. The van der Waals surface area contributed by atoms with Gasteiger partial charge in [-0.05, 0) is 18.2 Å². The van der Waals surface area contributed by atoms with Crippen molar-refractivity contribution in [1.29, 1.82) is 0 Å². The molecular weight excluding hydrogens is 349 g/mol. The van der Waals surface area contributed by atoms with Gasteiger partial charge in [0.2, 0.25) is 5.82 Å². The molecule has 0 aliphatic heterocycles. The van der Waals surface area contributed by atoms with Crippen molar-refractivity contribution >= 4 is 34.8 Å². The summed E-state index contributed by atoms with van der Waals surface area (Å²) >= 11 is 17.8. The summed E-state index contributed by atoms with van der Waals surface area (Å²) in [4.78, 5) is 8.22. The van der Waals surface area contributed by atoms with Gasteiger partial charge in [-0.2, -0.15) is 4.98 Å². The van der Waals surface area contributed by atoms with E-state index in [1.807, 2.05) is 6.07 Å². The molecule has 2 heterocycles. The summed E-state index contributed by atoms with van der Waals surface area (Å²) in [6.07, 6.45) is 3.31. The number of aromatic nitrogens is 3. The number of hydrogen-bond donors (Lipinski definition) is 0. The van der Waals surface area contributed by atoms with Gasteiger partial charge in [0.15, 0.2) is 6.61 Å². The molecular formula is C14H8Cl3N3O2. The van der Waals surface area contributed by atoms with Gasteiger partial charge in [0, 0.05) is 24.0 Å². The molecule has 0 saturated heterocycles. The fourth-order valence-electron chi connectivity index (χ4n) is 1.68. The van der Waals surface area contributed by atoms with Crippen LogP contribution in [0.3, 0.4) is 0 Å². The molecule has 1 aromatic carbocycles. The van der Waals surface area contributed by atoms with Crippen LogP contribution in [0.25, 0.3) is 11.4 Å². The number of nitrogens with zero attached hydrogens (tertiary/aromatic N) is 3. The van der Waals surface area contributed by atoms with Crippen molar-refractivity contribution in [2.45, 2.75) is 6.61 Å². The summed E-state index contributed by atoms with van der Waals surface area (Å²) < 4.78 is 10.6. The second-order valence-corrected chi connectivity index (χ2v) is 5.46. The highest BCUT2D eigenvalue weighted by atomic mass is 35.5. The van der Waals surface area contributed by atoms with Gasteiger partial charge in [-0.15, -0.1) is 0 Å². The van der Waals surface area contributed by atoms with Crippen LogP contribution in [0.4, 0.5) is 0 Å². The van der Waals surface area contributed by atoms with Crippen LogP contribution >= 0.6 is 34.8 Å². The number of rotatable bonds is 4. The zero-order valence-corrected chi connectivity index (χ0v) is 13.2. The molecule has 0 amide bonds. The monoisotopic (exact) mass is 355 g/mol. The first-order chi connectivity index (χ1) is 10.6. The van der Waals surface area contributed by atoms with E-state index in [1.165, 1.54) is 12.1 Å². The number of benzene rings is 1. The molecule has 0 radical (unpaired) electrons. The van der Waals surface area contributed by atoms with Crippen LogP contribution in [0.15, 0.2) is 41.2 Å². The van der Waals surface area contributed by atoms with Crippen molar-refractivity contribution in [3.8, 4) is 17.1 Å². The second-order valence-electron chi connectivity index (χ2n) is 4.24. The quantitative estimate of drug-likeness (QED) is 0.636. The molecule has 0 atom stereocenters. The lowest BCUT2D eigenvalue weighted by atomic mass is 10.3. The molecule has 0 spiro atoms. The van der Waals surface area contributed by atoms with Crippen molar-refractivity contribution in [1.82, 2.24) is 15.1 Å². The van der Waals surface area contributed by atoms with Gasteiger partial charge in [0.25, 0.3) is 5.89 Å². The molecule has 0 N–H and O–H groups in total. The average Bonchev–Trinajstić information content (AvgIpc) is 2.99. The van der Waals surface area contributed by atoms with Crippen LogP contribution in [-0.2, 0) is 6.61 Å². The SMILES string of the molecule is Clc1cc(Cl)c(OCc2nc(-c3cccnc3)no2)cc1Cl. The molecule has 2 aromatic heterocycles. The molecule has 8 heteroatoms. The van der Waals surface area contributed by atoms with Crippen LogP contribution in [-0.4, -0.2) is 15.1 Å². The van der Waals surface area contributed by atoms with Gasteiger partial charge in [-0.1, -0.05) is 40.0 Å². The summed E-state index contributed by atoms with van der Waals surface area (Å²) in [5, 5.41) is 4.92. The molecule has 0 aliphatic carbocycles. The Kier molecular flexibility index (Phi) is 4.47. The zero-order valence-electron chi connectivity index (χ0n) is 11.0. The van der Waals surface area contributed by atoms with Crippen LogP contribution in [0.1, 0.15) is 5.89 Å². The number of ether oxygens (including phenoxy) is 1. The van der Waals surface area contributed by atoms with Crippen molar-refractivity contribution in [3.05, 3.63) is 57.6 Å². The van der Waals surface area contributed by atoms with Crippen LogP contribution < -0.4 is 4.74 Å². The summed E-state index contributed by atoms with van der Waals surface area (Å²) in [6, 6.07) is 6.66. The Balaban J connectivity index is 1.73. The lowest BCUT2D eigenvalue weighted by molar-refractivity contribution is 0.243. The largest absolute Gasteiger partial charge is 0.482 e. The lowest BCUT2D eigenvalue weighted by Crippen LogP contribution is -1.96. The highest BCUT2D eigenvalue weighted by molar-refractivity contribution is 6.43. The van der Waals surface area contributed by atoms with Crippen LogP contribution in [0, 0.1) is 0 Å². The van der Waals surface area contributed by atoms with Crippen molar-refractivity contribution in [2.75, 3.05) is 0 Å². The normalized spacial score (nSPS) is 10.7. The standard InChI is InChI=1S/C14H8Cl3N3O2/c15-9-4-11(17)12(5-10(9)16)21-7-13-19-14(20-22-13)8-2-1-3-18-6-8/h1-6H,7H2. The predicted molar refractivity (Wildman–Crippen MR) is 83.3 cm³/mol. The van der Waals surface area contributed by atoms with Gasteiger partial charge >= 0.3 is 0 Å². The van der Waals surface area contributed by atoms with E-state index in [-0.39, 0.29) is 6.61 Å². The molecule has 5 nitrogen and oxygen atoms in total. The molecule has 0 aliphatic rings. The summed E-state index contributed by atoms with van der Waals surface area (Å²) in [6.45, 7) is 0.0605. The molecule has 22 heavy (non-hydrogen) atoms. The fraction of sp³-hybridized carbons (Fsp3) is 0.0714. The first-order valence-electron chi connectivity index (χ1n) is 6.14. The number of halogens is 3. The van der Waals surface area contributed by atoms with Gasteiger partial charge in [0.05, 0.1) is 15.1 Å². The number of pyridine rings is 1. The minimum Gasteiger partial charge on any atom is -0.482 e. The Labute approximate surface area is 140 Å². The maximum atomic E-state index is 6.03. The van der Waals surface area contributed by atoms with Crippen LogP contribution in [0.2, 0.25) is 15.1 Å². The Morgan fingerprint density at radius 2 is 1.91 bits per heavy atom. The van der Waals surface area contributed by atoms with Crippen molar-refractivity contribution in [2.24, 2.45) is 0 Å². The van der Waals surface area contributed by atoms with E-state index in [1.54, 1.807) is 18.5 Å². The summed E-state index contributed by atoms with van der Waals surface area (Å²) in [5.41, 5.74) is 0.755. The first-order valence-corrected chi connectivity index (χ1v) is 7.27. The third kappa shape index (κ3) is 3.32. The maximum absolute atomic E-state index is 6.03. The van der Waals surface area contributed by atoms with Gasteiger partial charge < -0.3 is 9.26 Å². The fourth-order valence-corrected chi connectivity index (χ4v) is 2.27. The van der Waals surface area contributed by atoms with E-state index in [9.17, 15) is 0 Å². The van der Waals surface area contributed by atoms with E-state index in [0.29, 0.717) is 32.5 Å². The Bertz CT molecular complexity index is 793. The first kappa shape index (κ1) is 15.1. The lowest BCUT2D eigenvalue weighted by Gasteiger charge is -2.06. The Hall–Kier alpha value is -1.82. The molecule has 0 unspecified atom stereocenters. The maximum Gasteiger partial charge on any atom is 0.264 e. The molecule has 0 saturated carbocycles. The van der Waals surface area contributed by atoms with Gasteiger partial charge in [-0.25, -0.2) is 0 Å². The topological polar surface area (TPSA) is 61.0 Å². The second kappa shape index (κ2) is 6.52. The highest BCUT2D eigenvalue weighted by Crippen LogP contribution is 2.34. The van der Waals surface area contributed by atoms with E-state index in [0.717, 1.165) is 5.56 Å². The predicted octanol–water partition coefficient (Wildman–Crippen LogP) is 4.67. The van der Waals surface area contributed by atoms with E-state index >= 15 is 0 Å². The zero-order chi connectivity index (χ0) is 15.5. The van der Waals surface area contributed by atoms with Gasteiger partial charge in [-0.3, -0.25) is 4.98 Å². The molecule has 0 bridgehead atoms. The number of hydrogen-bond acceptors (Lipinski definition) is 5. The van der Waals surface area contributed by atoms with Crippen LogP contribution in [0.5, 0.6) is 5.75 Å². The van der Waals surface area contributed by atoms with Crippen molar-refractivity contribution in [3.63, 3.8) is 0 Å². The highest BCUT2D eigenvalue weighted by Gasteiger charge is 2.11. The molecule has 112 valence electrons. The smallest absolute Gasteiger partial charge is 0.264 e. The van der Waals surface area contributed by atoms with Gasteiger partial charge in [0.1, 0.15) is 5.75 Å². The molecule has 3 aromatic rings.